The second kappa shape index (κ2) is 7.24. The maximum atomic E-state index is 5.03. The van der Waals surface area contributed by atoms with Gasteiger partial charge in [-0.15, -0.1) is 0 Å². The summed E-state index contributed by atoms with van der Waals surface area (Å²) in [6.45, 7) is 0. The van der Waals surface area contributed by atoms with Gasteiger partial charge in [-0.05, 0) is 67.7 Å². The molecule has 0 radical (unpaired) electrons. The highest BCUT2D eigenvalue weighted by atomic mass is 14.7. The highest BCUT2D eigenvalue weighted by Crippen LogP contribution is 2.51. The molecule has 2 aromatic heterocycles. The molecular formula is C36H20N2. The second-order valence-corrected chi connectivity index (χ2v) is 10.2. The minimum atomic E-state index is 1.01. The Labute approximate surface area is 218 Å². The highest BCUT2D eigenvalue weighted by molar-refractivity contribution is 6.35. The van der Waals surface area contributed by atoms with Gasteiger partial charge in [0.1, 0.15) is 0 Å². The van der Waals surface area contributed by atoms with Gasteiger partial charge in [-0.25, -0.2) is 9.97 Å². The summed E-state index contributed by atoms with van der Waals surface area (Å²) in [7, 11) is 0. The zero-order valence-corrected chi connectivity index (χ0v) is 20.4. The molecule has 0 atom stereocenters. The van der Waals surface area contributed by atoms with Crippen molar-refractivity contribution in [2.24, 2.45) is 0 Å². The topological polar surface area (TPSA) is 25.8 Å². The molecule has 0 bridgehead atoms. The van der Waals surface area contributed by atoms with Gasteiger partial charge in [0.2, 0.25) is 0 Å². The van der Waals surface area contributed by atoms with Crippen LogP contribution in [0.2, 0.25) is 0 Å². The molecule has 1 aliphatic carbocycles. The predicted octanol–water partition coefficient (Wildman–Crippen LogP) is 9.56. The number of aromatic nitrogens is 2. The van der Waals surface area contributed by atoms with E-state index in [9.17, 15) is 0 Å². The number of nitrogens with zero attached hydrogens (tertiary/aromatic N) is 2. The SMILES string of the molecule is c1ccc2nc(-c3ccc4c5c3ccc3ccc6c(-c7ccc8ccccc8n7)ccc-4c6c35)ccc2c1. The van der Waals surface area contributed by atoms with Gasteiger partial charge in [0, 0.05) is 21.9 Å². The quantitative estimate of drug-likeness (QED) is 0.230. The average Bonchev–Trinajstić information content (AvgIpc) is 3.33. The summed E-state index contributed by atoms with van der Waals surface area (Å²) >= 11 is 0. The largest absolute Gasteiger partial charge is 0.248 e. The lowest BCUT2D eigenvalue weighted by atomic mass is 9.95. The van der Waals surface area contributed by atoms with Crippen LogP contribution in [-0.2, 0) is 0 Å². The van der Waals surface area contributed by atoms with Crippen molar-refractivity contribution in [1.29, 1.82) is 0 Å². The van der Waals surface area contributed by atoms with E-state index in [-0.39, 0.29) is 0 Å². The Morgan fingerprint density at radius 1 is 0.316 bits per heavy atom. The molecule has 0 saturated heterocycles. The van der Waals surface area contributed by atoms with Crippen LogP contribution in [0.25, 0.3) is 87.8 Å². The van der Waals surface area contributed by atoms with Crippen LogP contribution < -0.4 is 0 Å². The molecule has 2 heterocycles. The van der Waals surface area contributed by atoms with Crippen molar-refractivity contribution >= 4 is 54.1 Å². The van der Waals surface area contributed by atoms with Gasteiger partial charge in [-0.3, -0.25) is 0 Å². The molecule has 0 saturated carbocycles. The number of benzene rings is 6. The molecule has 1 aliphatic rings. The summed E-state index contributed by atoms with van der Waals surface area (Å²) in [5.41, 5.74) is 9.04. The summed E-state index contributed by atoms with van der Waals surface area (Å²) < 4.78 is 0. The first-order chi connectivity index (χ1) is 18.8. The summed E-state index contributed by atoms with van der Waals surface area (Å²) in [6.07, 6.45) is 0. The van der Waals surface area contributed by atoms with Gasteiger partial charge >= 0.3 is 0 Å². The first-order valence-electron chi connectivity index (χ1n) is 13.0. The Balaban J connectivity index is 1.33. The van der Waals surface area contributed by atoms with Crippen LogP contribution in [0.5, 0.6) is 0 Å². The lowest BCUT2D eigenvalue weighted by Crippen LogP contribution is -1.88. The summed E-state index contributed by atoms with van der Waals surface area (Å²) in [6, 6.07) is 43.4. The average molecular weight is 481 g/mol. The molecule has 0 spiro atoms. The molecule has 9 rings (SSSR count). The van der Waals surface area contributed by atoms with Gasteiger partial charge in [0.05, 0.1) is 22.4 Å². The Hall–Kier alpha value is -5.08. The fourth-order valence-electron chi connectivity index (χ4n) is 6.43. The normalized spacial score (nSPS) is 12.2. The second-order valence-electron chi connectivity index (χ2n) is 10.2. The fourth-order valence-corrected chi connectivity index (χ4v) is 6.43. The van der Waals surface area contributed by atoms with Crippen LogP contribution in [0.4, 0.5) is 0 Å². The van der Waals surface area contributed by atoms with Gasteiger partial charge in [-0.1, -0.05) is 97.1 Å². The van der Waals surface area contributed by atoms with Crippen LogP contribution in [0, 0.1) is 0 Å². The third-order valence-corrected chi connectivity index (χ3v) is 8.18. The van der Waals surface area contributed by atoms with Crippen LogP contribution >= 0.6 is 0 Å². The Morgan fingerprint density at radius 2 is 0.763 bits per heavy atom. The first-order valence-corrected chi connectivity index (χ1v) is 13.0. The summed E-state index contributed by atoms with van der Waals surface area (Å²) in [5.74, 6) is 0. The standard InChI is InChI=1S/C36H20N2/c1-3-7-30-21(5-1)11-19-32(37-30)24-15-17-28-29-18-16-25(33-20-12-22-6-2-4-8-31(22)38-33)27-14-10-23-9-13-26(24)35(28)34(23)36(27)29/h1-20H. The van der Waals surface area contributed by atoms with Gasteiger partial charge < -0.3 is 0 Å². The molecular weight excluding hydrogens is 460 g/mol. The third-order valence-electron chi connectivity index (χ3n) is 8.18. The molecule has 2 nitrogen and oxygen atoms in total. The van der Waals surface area contributed by atoms with Crippen molar-refractivity contribution in [3.63, 3.8) is 0 Å². The van der Waals surface area contributed by atoms with E-state index in [0.717, 1.165) is 33.2 Å². The molecule has 6 aromatic carbocycles. The van der Waals surface area contributed by atoms with Crippen LogP contribution in [0.1, 0.15) is 0 Å². The van der Waals surface area contributed by atoms with E-state index >= 15 is 0 Å². The predicted molar refractivity (Wildman–Crippen MR) is 159 cm³/mol. The first kappa shape index (κ1) is 20.0. The van der Waals surface area contributed by atoms with Gasteiger partial charge in [-0.2, -0.15) is 0 Å². The molecule has 174 valence electrons. The van der Waals surface area contributed by atoms with Crippen LogP contribution in [0.15, 0.2) is 121 Å². The molecule has 0 amide bonds. The Morgan fingerprint density at radius 3 is 1.29 bits per heavy atom. The van der Waals surface area contributed by atoms with Gasteiger partial charge in [0.15, 0.2) is 0 Å². The molecule has 0 fully saturated rings. The number of para-hydroxylation sites is 2. The van der Waals surface area contributed by atoms with Crippen molar-refractivity contribution in [2.75, 3.05) is 0 Å². The number of fused-ring (bicyclic) bond motifs is 3. The van der Waals surface area contributed by atoms with Gasteiger partial charge in [0.25, 0.3) is 0 Å². The monoisotopic (exact) mass is 480 g/mol. The van der Waals surface area contributed by atoms with E-state index in [4.69, 9.17) is 9.97 Å². The molecule has 38 heavy (non-hydrogen) atoms. The smallest absolute Gasteiger partial charge is 0.0715 e. The van der Waals surface area contributed by atoms with Crippen molar-refractivity contribution < 1.29 is 0 Å². The summed E-state index contributed by atoms with van der Waals surface area (Å²) in [4.78, 5) is 10.1. The minimum Gasteiger partial charge on any atom is -0.248 e. The zero-order valence-electron chi connectivity index (χ0n) is 20.4. The lowest BCUT2D eigenvalue weighted by Gasteiger charge is -2.10. The highest BCUT2D eigenvalue weighted by Gasteiger charge is 2.24. The van der Waals surface area contributed by atoms with E-state index < -0.39 is 0 Å². The van der Waals surface area contributed by atoms with Crippen molar-refractivity contribution in [3.8, 4) is 33.6 Å². The van der Waals surface area contributed by atoms with E-state index in [1.165, 1.54) is 54.6 Å². The lowest BCUT2D eigenvalue weighted by molar-refractivity contribution is 1.41. The number of pyridine rings is 2. The molecule has 2 heteroatoms. The molecule has 0 aliphatic heterocycles. The maximum absolute atomic E-state index is 5.03. The number of hydrogen-bond acceptors (Lipinski definition) is 2. The number of hydrogen-bond donors (Lipinski definition) is 0. The van der Waals surface area contributed by atoms with E-state index in [2.05, 4.69) is 121 Å². The van der Waals surface area contributed by atoms with Crippen LogP contribution in [0.3, 0.4) is 0 Å². The fraction of sp³-hybridized carbons (Fsp3) is 0. The van der Waals surface area contributed by atoms with E-state index in [1.54, 1.807) is 0 Å². The molecule has 0 N–H and O–H groups in total. The Bertz CT molecular complexity index is 2140. The van der Waals surface area contributed by atoms with Crippen LogP contribution in [-0.4, -0.2) is 9.97 Å². The number of rotatable bonds is 2. The minimum absolute atomic E-state index is 1.01. The Kier molecular flexibility index (Phi) is 3.82. The maximum Gasteiger partial charge on any atom is 0.0715 e. The third kappa shape index (κ3) is 2.61. The van der Waals surface area contributed by atoms with Crippen molar-refractivity contribution in [1.82, 2.24) is 9.97 Å². The van der Waals surface area contributed by atoms with Crippen molar-refractivity contribution in [3.05, 3.63) is 121 Å². The van der Waals surface area contributed by atoms with E-state index in [0.29, 0.717) is 0 Å². The van der Waals surface area contributed by atoms with E-state index in [1.807, 2.05) is 0 Å². The molecule has 0 unspecified atom stereocenters. The zero-order chi connectivity index (χ0) is 24.8. The van der Waals surface area contributed by atoms with Crippen molar-refractivity contribution in [2.45, 2.75) is 0 Å². The summed E-state index contributed by atoms with van der Waals surface area (Å²) in [5, 5.41) is 10.1. The molecule has 8 aromatic rings.